The maximum Gasteiger partial charge on any atom is 0.410 e. The average molecular weight is 357 g/mol. The molecule has 0 aromatic heterocycles. The van der Waals surface area contributed by atoms with Crippen LogP contribution in [-0.2, 0) is 4.74 Å². The highest BCUT2D eigenvalue weighted by atomic mass is 16.6. The molecule has 0 spiro atoms. The second kappa shape index (κ2) is 7.83. The summed E-state index contributed by atoms with van der Waals surface area (Å²) in [6, 6.07) is 11.5. The van der Waals surface area contributed by atoms with Crippen molar-refractivity contribution in [2.45, 2.75) is 64.6 Å². The van der Waals surface area contributed by atoms with Gasteiger partial charge in [-0.2, -0.15) is 0 Å². The minimum Gasteiger partial charge on any atom is -0.444 e. The van der Waals surface area contributed by atoms with Crippen molar-refractivity contribution in [3.63, 3.8) is 0 Å². The Bertz CT molecular complexity index is 648. The molecule has 2 fully saturated rings. The van der Waals surface area contributed by atoms with Gasteiger partial charge in [-0.25, -0.2) is 4.79 Å². The van der Waals surface area contributed by atoms with E-state index in [-0.39, 0.29) is 6.09 Å². The summed E-state index contributed by atoms with van der Waals surface area (Å²) in [6.45, 7) is 9.51. The van der Waals surface area contributed by atoms with Gasteiger partial charge in [0, 0.05) is 25.2 Å². The van der Waals surface area contributed by atoms with Gasteiger partial charge in [0.2, 0.25) is 0 Å². The molecule has 0 radical (unpaired) electrons. The molecule has 1 N–H and O–H groups in total. The molecule has 3 atom stereocenters. The van der Waals surface area contributed by atoms with Gasteiger partial charge in [-0.05, 0) is 51.5 Å². The summed E-state index contributed by atoms with van der Waals surface area (Å²) in [7, 11) is 0. The van der Waals surface area contributed by atoms with Gasteiger partial charge in [0.1, 0.15) is 5.60 Å². The number of amides is 1. The molecule has 1 aromatic rings. The maximum absolute atomic E-state index is 12.2. The summed E-state index contributed by atoms with van der Waals surface area (Å²) < 4.78 is 5.48. The second-order valence-corrected chi connectivity index (χ2v) is 8.51. The molecule has 1 saturated carbocycles. The van der Waals surface area contributed by atoms with Gasteiger partial charge >= 0.3 is 6.09 Å². The van der Waals surface area contributed by atoms with Crippen molar-refractivity contribution in [2.24, 2.45) is 5.92 Å². The molecule has 1 saturated heterocycles. The van der Waals surface area contributed by atoms with Crippen LogP contribution < -0.4 is 5.32 Å². The van der Waals surface area contributed by atoms with Crippen LogP contribution in [0.15, 0.2) is 35.9 Å². The number of carbonyl (C=O) groups is 1. The topological polar surface area (TPSA) is 41.6 Å². The van der Waals surface area contributed by atoms with Gasteiger partial charge in [0.25, 0.3) is 0 Å². The molecular weight excluding hydrogens is 324 g/mol. The van der Waals surface area contributed by atoms with Crippen molar-refractivity contribution in [3.05, 3.63) is 41.5 Å². The van der Waals surface area contributed by atoms with Crippen LogP contribution in [0.25, 0.3) is 6.08 Å². The quantitative estimate of drug-likeness (QED) is 0.846. The van der Waals surface area contributed by atoms with Crippen molar-refractivity contribution in [3.8, 4) is 0 Å². The van der Waals surface area contributed by atoms with Crippen molar-refractivity contribution in [2.75, 3.05) is 13.1 Å². The van der Waals surface area contributed by atoms with Gasteiger partial charge in [-0.1, -0.05) is 48.9 Å². The standard InChI is InChI=1S/C22H32N2O2/c1-5-17(13-16-9-7-6-8-10-16)19-14-20(19)23-18-11-12-24(15-18)21(25)26-22(2,3)4/h6-10,13,18-20,23H,5,11-12,14-15H2,1-4H3. The first-order chi connectivity index (χ1) is 12.4. The molecule has 4 nitrogen and oxygen atoms in total. The van der Waals surface area contributed by atoms with E-state index in [4.69, 9.17) is 4.74 Å². The van der Waals surface area contributed by atoms with Crippen LogP contribution >= 0.6 is 0 Å². The van der Waals surface area contributed by atoms with Crippen molar-refractivity contribution >= 4 is 12.2 Å². The van der Waals surface area contributed by atoms with E-state index < -0.39 is 5.60 Å². The van der Waals surface area contributed by atoms with E-state index in [1.807, 2.05) is 25.7 Å². The number of nitrogens with zero attached hydrogens (tertiary/aromatic N) is 1. The third-order valence-corrected chi connectivity index (χ3v) is 5.12. The number of ether oxygens (including phenoxy) is 1. The van der Waals surface area contributed by atoms with E-state index >= 15 is 0 Å². The summed E-state index contributed by atoms with van der Waals surface area (Å²) in [5, 5.41) is 3.76. The number of nitrogens with one attached hydrogen (secondary N) is 1. The first kappa shape index (κ1) is 19.0. The Balaban J connectivity index is 1.49. The summed E-state index contributed by atoms with van der Waals surface area (Å²) in [4.78, 5) is 14.0. The zero-order valence-electron chi connectivity index (χ0n) is 16.5. The number of likely N-dealkylation sites (tertiary alicyclic amines) is 1. The molecule has 0 bridgehead atoms. The molecule has 4 heteroatoms. The minimum absolute atomic E-state index is 0.188. The maximum atomic E-state index is 12.2. The molecule has 1 aliphatic heterocycles. The number of hydrogen-bond acceptors (Lipinski definition) is 3. The third kappa shape index (κ3) is 5.10. The van der Waals surface area contributed by atoms with Crippen LogP contribution in [0.2, 0.25) is 0 Å². The van der Waals surface area contributed by atoms with E-state index in [1.54, 1.807) is 0 Å². The third-order valence-electron chi connectivity index (χ3n) is 5.12. The molecule has 26 heavy (non-hydrogen) atoms. The highest BCUT2D eigenvalue weighted by molar-refractivity contribution is 5.68. The Morgan fingerprint density at radius 3 is 2.69 bits per heavy atom. The van der Waals surface area contributed by atoms with Crippen molar-refractivity contribution in [1.29, 1.82) is 0 Å². The number of benzene rings is 1. The van der Waals surface area contributed by atoms with Crippen LogP contribution in [0.4, 0.5) is 4.79 Å². The number of hydrogen-bond donors (Lipinski definition) is 1. The first-order valence-electron chi connectivity index (χ1n) is 9.85. The predicted molar refractivity (Wildman–Crippen MR) is 106 cm³/mol. The predicted octanol–water partition coefficient (Wildman–Crippen LogP) is 4.47. The van der Waals surface area contributed by atoms with Crippen LogP contribution in [-0.4, -0.2) is 41.8 Å². The molecule has 1 amide bonds. The van der Waals surface area contributed by atoms with E-state index in [2.05, 4.69) is 48.6 Å². The summed E-state index contributed by atoms with van der Waals surface area (Å²) in [5.74, 6) is 0.635. The summed E-state index contributed by atoms with van der Waals surface area (Å²) in [6.07, 6.45) is 5.45. The van der Waals surface area contributed by atoms with E-state index in [0.717, 1.165) is 25.9 Å². The lowest BCUT2D eigenvalue weighted by atomic mass is 10.0. The van der Waals surface area contributed by atoms with Gasteiger partial charge in [0.05, 0.1) is 0 Å². The summed E-state index contributed by atoms with van der Waals surface area (Å²) in [5.41, 5.74) is 2.38. The fraction of sp³-hybridized carbons (Fsp3) is 0.591. The Morgan fingerprint density at radius 2 is 2.04 bits per heavy atom. The molecule has 3 unspecified atom stereocenters. The fourth-order valence-electron chi connectivity index (χ4n) is 3.71. The van der Waals surface area contributed by atoms with Crippen LogP contribution in [0.3, 0.4) is 0 Å². The summed E-state index contributed by atoms with van der Waals surface area (Å²) >= 11 is 0. The van der Waals surface area contributed by atoms with Crippen molar-refractivity contribution < 1.29 is 9.53 Å². The molecule has 1 aromatic carbocycles. The highest BCUT2D eigenvalue weighted by Crippen LogP contribution is 2.40. The Kier molecular flexibility index (Phi) is 5.71. The normalized spacial score (nSPS) is 26.1. The second-order valence-electron chi connectivity index (χ2n) is 8.51. The number of rotatable bonds is 5. The Labute approximate surface area is 157 Å². The first-order valence-corrected chi connectivity index (χ1v) is 9.85. The van der Waals surface area contributed by atoms with E-state index in [0.29, 0.717) is 18.0 Å². The lowest BCUT2D eigenvalue weighted by Gasteiger charge is -2.24. The minimum atomic E-state index is -0.428. The average Bonchev–Trinajstić information content (AvgIpc) is 3.16. The van der Waals surface area contributed by atoms with Gasteiger partial charge < -0.3 is 15.0 Å². The van der Waals surface area contributed by atoms with Crippen LogP contribution in [0.1, 0.15) is 52.5 Å². The lowest BCUT2D eigenvalue weighted by Crippen LogP contribution is -2.39. The molecule has 3 rings (SSSR count). The van der Waals surface area contributed by atoms with Gasteiger partial charge in [-0.15, -0.1) is 0 Å². The Morgan fingerprint density at radius 1 is 1.31 bits per heavy atom. The van der Waals surface area contributed by atoms with Gasteiger partial charge in [0.15, 0.2) is 0 Å². The van der Waals surface area contributed by atoms with Crippen LogP contribution in [0.5, 0.6) is 0 Å². The molecule has 1 aliphatic carbocycles. The fourth-order valence-corrected chi connectivity index (χ4v) is 3.71. The number of carbonyl (C=O) groups excluding carboxylic acids is 1. The van der Waals surface area contributed by atoms with Crippen LogP contribution in [0, 0.1) is 5.92 Å². The lowest BCUT2D eigenvalue weighted by molar-refractivity contribution is 0.0291. The zero-order valence-corrected chi connectivity index (χ0v) is 16.5. The molecule has 1 heterocycles. The molecule has 142 valence electrons. The largest absolute Gasteiger partial charge is 0.444 e. The molecular formula is C22H32N2O2. The Hall–Kier alpha value is -1.81. The zero-order chi connectivity index (χ0) is 18.7. The van der Waals surface area contributed by atoms with E-state index in [9.17, 15) is 4.79 Å². The van der Waals surface area contributed by atoms with Crippen molar-refractivity contribution in [1.82, 2.24) is 10.2 Å². The SMILES string of the molecule is CCC(=Cc1ccccc1)C1CC1NC1CCN(C(=O)OC(C)(C)C)C1. The monoisotopic (exact) mass is 356 g/mol. The van der Waals surface area contributed by atoms with E-state index in [1.165, 1.54) is 17.6 Å². The highest BCUT2D eigenvalue weighted by Gasteiger charge is 2.41. The molecule has 2 aliphatic rings. The van der Waals surface area contributed by atoms with Gasteiger partial charge in [-0.3, -0.25) is 0 Å². The smallest absolute Gasteiger partial charge is 0.410 e.